The van der Waals surface area contributed by atoms with Gasteiger partial charge in [-0.3, -0.25) is 0 Å². The van der Waals surface area contributed by atoms with Gasteiger partial charge in [-0.05, 0) is 0 Å². The van der Waals surface area contributed by atoms with Crippen molar-refractivity contribution >= 4 is 11.3 Å². The number of aromatic nitrogens is 3. The maximum atomic E-state index is 4.74. The molecule has 0 spiro atoms. The van der Waals surface area contributed by atoms with Gasteiger partial charge in [0.25, 0.3) is 0 Å². The quantitative estimate of drug-likeness (QED) is 0.611. The Kier molecular flexibility index (Phi) is 1.21. The minimum Gasteiger partial charge on any atom is -0.335 e. The number of rotatable bonds is 1. The van der Waals surface area contributed by atoms with Crippen LogP contribution in [-0.2, 0) is 0 Å². The first-order valence-electron chi connectivity index (χ1n) is 2.56. The van der Waals surface area contributed by atoms with Gasteiger partial charge >= 0.3 is 0 Å². The molecule has 10 heavy (non-hydrogen) atoms. The van der Waals surface area contributed by atoms with Crippen LogP contribution in [0, 0.1) is 5.51 Å². The summed E-state index contributed by atoms with van der Waals surface area (Å²) in [6.45, 7) is 0. The molecule has 0 unspecified atom stereocenters. The molecule has 2 heterocycles. The highest BCUT2D eigenvalue weighted by atomic mass is 32.1. The third-order valence-electron chi connectivity index (χ3n) is 1.00. The number of nitrogens with zero attached hydrogens (tertiary/aromatic N) is 3. The van der Waals surface area contributed by atoms with E-state index in [2.05, 4.69) is 20.9 Å². The molecule has 0 aliphatic rings. The monoisotopic (exact) mass is 152 g/mol. The van der Waals surface area contributed by atoms with Crippen LogP contribution >= 0.6 is 11.3 Å². The normalized spacial score (nSPS) is 10.0. The lowest BCUT2D eigenvalue weighted by atomic mass is 10.4. The zero-order chi connectivity index (χ0) is 6.81. The molecular formula is C5H2N3OS. The maximum Gasteiger partial charge on any atom is 0.206 e. The lowest BCUT2D eigenvalue weighted by Gasteiger charge is -1.79. The summed E-state index contributed by atoms with van der Waals surface area (Å²) in [4.78, 5) is 3.88. The van der Waals surface area contributed by atoms with E-state index in [1.54, 1.807) is 0 Å². The van der Waals surface area contributed by atoms with Gasteiger partial charge in [-0.2, -0.15) is 0 Å². The highest BCUT2D eigenvalue weighted by molar-refractivity contribution is 7.07. The fraction of sp³-hybridized carbons (Fsp3) is 0. The summed E-state index contributed by atoms with van der Waals surface area (Å²) < 4.78 is 4.74. The summed E-state index contributed by atoms with van der Waals surface area (Å²) >= 11 is 1.39. The Balaban J connectivity index is 2.48. The lowest BCUT2D eigenvalue weighted by molar-refractivity contribution is 0.403. The lowest BCUT2D eigenvalue weighted by Crippen LogP contribution is -1.69. The van der Waals surface area contributed by atoms with Gasteiger partial charge in [0.2, 0.25) is 5.76 Å². The molecule has 0 saturated heterocycles. The van der Waals surface area contributed by atoms with Gasteiger partial charge in [0.1, 0.15) is 11.9 Å². The molecule has 0 N–H and O–H groups in total. The van der Waals surface area contributed by atoms with E-state index in [9.17, 15) is 0 Å². The minimum absolute atomic E-state index is 0.581. The Bertz CT molecular complexity index is 256. The van der Waals surface area contributed by atoms with Gasteiger partial charge in [-0.25, -0.2) is 4.98 Å². The van der Waals surface area contributed by atoms with Crippen molar-refractivity contribution in [2.24, 2.45) is 0 Å². The molecule has 1 radical (unpaired) electrons. The van der Waals surface area contributed by atoms with Gasteiger partial charge in [0.15, 0.2) is 5.51 Å². The SMILES string of the molecule is [c]1nc(-c2cnno2)cs1. The van der Waals surface area contributed by atoms with Gasteiger partial charge < -0.3 is 4.52 Å². The highest BCUT2D eigenvalue weighted by Crippen LogP contribution is 2.15. The molecule has 0 aromatic carbocycles. The number of hydrogen-bond acceptors (Lipinski definition) is 5. The molecule has 49 valence electrons. The molecule has 0 fully saturated rings. The fourth-order valence-corrected chi connectivity index (χ4v) is 1.06. The smallest absolute Gasteiger partial charge is 0.206 e. The van der Waals surface area contributed by atoms with E-state index in [1.807, 2.05) is 5.38 Å². The molecule has 2 rings (SSSR count). The van der Waals surface area contributed by atoms with E-state index < -0.39 is 0 Å². The van der Waals surface area contributed by atoms with E-state index in [0.29, 0.717) is 5.76 Å². The van der Waals surface area contributed by atoms with E-state index in [4.69, 9.17) is 4.52 Å². The first kappa shape index (κ1) is 5.55. The molecule has 4 nitrogen and oxygen atoms in total. The van der Waals surface area contributed by atoms with Crippen molar-refractivity contribution in [1.29, 1.82) is 0 Å². The summed E-state index contributed by atoms with van der Waals surface area (Å²) in [6, 6.07) is 0. The standard InChI is InChI=1S/C5H2N3OS/c1-5(9-8-7-1)4-2-10-3-6-4/h1-2H. The van der Waals surface area contributed by atoms with E-state index >= 15 is 0 Å². The summed E-state index contributed by atoms with van der Waals surface area (Å²) in [5.41, 5.74) is 3.43. The molecule has 0 saturated carbocycles. The molecule has 0 atom stereocenters. The van der Waals surface area contributed by atoms with Crippen LogP contribution < -0.4 is 0 Å². The summed E-state index contributed by atoms with van der Waals surface area (Å²) in [6.07, 6.45) is 1.52. The van der Waals surface area contributed by atoms with Crippen molar-refractivity contribution in [3.8, 4) is 11.5 Å². The average molecular weight is 152 g/mol. The Morgan fingerprint density at radius 3 is 3.20 bits per heavy atom. The Labute approximate surface area is 60.5 Å². The van der Waals surface area contributed by atoms with Gasteiger partial charge in [0, 0.05) is 10.7 Å². The van der Waals surface area contributed by atoms with Gasteiger partial charge in [0.05, 0.1) is 0 Å². The largest absolute Gasteiger partial charge is 0.335 e. The maximum absolute atomic E-state index is 4.74. The predicted molar refractivity (Wildman–Crippen MR) is 34.2 cm³/mol. The fourth-order valence-electron chi connectivity index (χ4n) is 0.577. The summed E-state index contributed by atoms with van der Waals surface area (Å²) in [5.74, 6) is 0.581. The zero-order valence-electron chi connectivity index (χ0n) is 4.81. The molecule has 0 aliphatic heterocycles. The van der Waals surface area contributed by atoms with Crippen LogP contribution in [0.1, 0.15) is 0 Å². The van der Waals surface area contributed by atoms with Crippen LogP contribution in [0.2, 0.25) is 0 Å². The summed E-state index contributed by atoms with van der Waals surface area (Å²) in [7, 11) is 0. The number of hydrogen-bond donors (Lipinski definition) is 0. The van der Waals surface area contributed by atoms with Crippen LogP contribution in [0.25, 0.3) is 11.5 Å². The van der Waals surface area contributed by atoms with Crippen molar-refractivity contribution in [2.45, 2.75) is 0 Å². The van der Waals surface area contributed by atoms with Crippen molar-refractivity contribution < 1.29 is 4.52 Å². The van der Waals surface area contributed by atoms with E-state index in [1.165, 1.54) is 17.5 Å². The van der Waals surface area contributed by atoms with Crippen molar-refractivity contribution in [1.82, 2.24) is 15.4 Å². The second kappa shape index (κ2) is 2.18. The third-order valence-corrected chi connectivity index (χ3v) is 1.54. The molecule has 2 aromatic heterocycles. The second-order valence-corrected chi connectivity index (χ2v) is 2.26. The first-order valence-corrected chi connectivity index (χ1v) is 3.44. The van der Waals surface area contributed by atoms with Gasteiger partial charge in [-0.15, -0.1) is 16.4 Å². The van der Waals surface area contributed by atoms with Crippen LogP contribution in [0.5, 0.6) is 0 Å². The molecule has 0 amide bonds. The van der Waals surface area contributed by atoms with E-state index in [-0.39, 0.29) is 0 Å². The van der Waals surface area contributed by atoms with Crippen molar-refractivity contribution in [3.63, 3.8) is 0 Å². The molecular weight excluding hydrogens is 150 g/mol. The number of thiazole rings is 1. The zero-order valence-corrected chi connectivity index (χ0v) is 5.63. The third kappa shape index (κ3) is 0.801. The van der Waals surface area contributed by atoms with Crippen molar-refractivity contribution in [3.05, 3.63) is 17.1 Å². The average Bonchev–Trinajstić information content (AvgIpc) is 2.59. The first-order chi connectivity index (χ1) is 4.97. The van der Waals surface area contributed by atoms with Crippen LogP contribution in [0.4, 0.5) is 0 Å². The Morgan fingerprint density at radius 2 is 2.60 bits per heavy atom. The van der Waals surface area contributed by atoms with Crippen molar-refractivity contribution in [2.75, 3.05) is 0 Å². The highest BCUT2D eigenvalue weighted by Gasteiger charge is 2.02. The molecule has 2 aromatic rings. The summed E-state index contributed by atoms with van der Waals surface area (Å²) in [5, 5.41) is 8.64. The Morgan fingerprint density at radius 1 is 1.60 bits per heavy atom. The van der Waals surface area contributed by atoms with Crippen LogP contribution in [0.15, 0.2) is 16.1 Å². The molecule has 0 aliphatic carbocycles. The van der Waals surface area contributed by atoms with E-state index in [0.717, 1.165) is 5.69 Å². The molecule has 0 bridgehead atoms. The minimum atomic E-state index is 0.581. The van der Waals surface area contributed by atoms with Crippen LogP contribution in [-0.4, -0.2) is 15.4 Å². The Hall–Kier alpha value is -1.23. The van der Waals surface area contributed by atoms with Crippen LogP contribution in [0.3, 0.4) is 0 Å². The molecule has 5 heteroatoms. The topological polar surface area (TPSA) is 51.8 Å². The second-order valence-electron chi connectivity index (χ2n) is 1.61. The van der Waals surface area contributed by atoms with Gasteiger partial charge in [-0.1, -0.05) is 0 Å². The predicted octanol–water partition coefficient (Wildman–Crippen LogP) is 0.993.